The van der Waals surface area contributed by atoms with Crippen molar-refractivity contribution in [1.29, 1.82) is 0 Å². The molecular formula is C28H26N6O2. The summed E-state index contributed by atoms with van der Waals surface area (Å²) in [4.78, 5) is 22.6. The molecule has 2 aromatic carbocycles. The van der Waals surface area contributed by atoms with Gasteiger partial charge < -0.3 is 15.4 Å². The normalized spacial score (nSPS) is 15.2. The number of piperidine rings is 1. The minimum absolute atomic E-state index is 0.0373. The van der Waals surface area contributed by atoms with Crippen molar-refractivity contribution in [2.24, 2.45) is 0 Å². The number of likely N-dealkylation sites (tertiary alicyclic amines) is 1. The van der Waals surface area contributed by atoms with Gasteiger partial charge in [-0.2, -0.15) is 5.10 Å². The summed E-state index contributed by atoms with van der Waals surface area (Å²) in [5, 5.41) is 5.39. The number of hydrogen-bond donors (Lipinski definition) is 1. The molecule has 2 N–H and O–H groups in total. The molecular weight excluding hydrogens is 452 g/mol. The van der Waals surface area contributed by atoms with Crippen molar-refractivity contribution in [3.63, 3.8) is 0 Å². The summed E-state index contributed by atoms with van der Waals surface area (Å²) in [6.07, 6.45) is 4.51. The number of carbonyl (C=O) groups excluding carboxylic acids is 1. The number of hydrogen-bond acceptors (Lipinski definition) is 6. The number of nitrogen functional groups attached to an aromatic ring is 1. The second-order valence-corrected chi connectivity index (χ2v) is 8.59. The average Bonchev–Trinajstić information content (AvgIpc) is 3.31. The van der Waals surface area contributed by atoms with Crippen LogP contribution in [0.25, 0.3) is 11.0 Å². The number of nitrogens with two attached hydrogens (primary N) is 1. The molecule has 0 bridgehead atoms. The minimum atomic E-state index is -0.0836. The van der Waals surface area contributed by atoms with Crippen molar-refractivity contribution >= 4 is 22.8 Å². The van der Waals surface area contributed by atoms with Gasteiger partial charge in [-0.15, -0.1) is 0 Å². The maximum atomic E-state index is 12.2. The van der Waals surface area contributed by atoms with E-state index < -0.39 is 0 Å². The number of aromatic nitrogens is 4. The molecule has 36 heavy (non-hydrogen) atoms. The standard InChI is InChI=1S/C28H26N6O2/c1-2-25(35)33-15-7-11-22(17-33)34-28-26(27(29)30-19-31-28)24(32-34)14-13-20-10-6-12-23(16-20)36-18-21-8-4-3-5-9-21/h2-6,8-10,12,16,19,22H,1,7,11,15,17-18H2,(H2,29,30,31). The predicted octanol–water partition coefficient (Wildman–Crippen LogP) is 3.74. The highest BCUT2D eigenvalue weighted by Crippen LogP contribution is 2.28. The number of fused-ring (bicyclic) bond motifs is 1. The van der Waals surface area contributed by atoms with Gasteiger partial charge in [0, 0.05) is 18.7 Å². The fraction of sp³-hybridized carbons (Fsp3) is 0.214. The monoisotopic (exact) mass is 478 g/mol. The molecule has 0 radical (unpaired) electrons. The largest absolute Gasteiger partial charge is 0.489 e. The zero-order valence-corrected chi connectivity index (χ0v) is 19.8. The van der Waals surface area contributed by atoms with E-state index in [-0.39, 0.29) is 11.9 Å². The number of amides is 1. The molecule has 0 aliphatic carbocycles. The smallest absolute Gasteiger partial charge is 0.246 e. The Bertz CT molecular complexity index is 1470. The Morgan fingerprint density at radius 1 is 1.17 bits per heavy atom. The lowest BCUT2D eigenvalue weighted by Gasteiger charge is -2.32. The summed E-state index contributed by atoms with van der Waals surface area (Å²) >= 11 is 0. The van der Waals surface area contributed by atoms with Crippen molar-refractivity contribution in [2.75, 3.05) is 18.8 Å². The summed E-state index contributed by atoms with van der Waals surface area (Å²) in [5.74, 6) is 7.31. The number of nitrogens with zero attached hydrogens (tertiary/aromatic N) is 5. The second-order valence-electron chi connectivity index (χ2n) is 8.59. The summed E-state index contributed by atoms with van der Waals surface area (Å²) in [7, 11) is 0. The van der Waals surface area contributed by atoms with Gasteiger partial charge in [0.05, 0.1) is 11.4 Å². The fourth-order valence-corrected chi connectivity index (χ4v) is 4.36. The minimum Gasteiger partial charge on any atom is -0.489 e. The van der Waals surface area contributed by atoms with E-state index in [4.69, 9.17) is 15.6 Å². The average molecular weight is 479 g/mol. The molecule has 0 spiro atoms. The third kappa shape index (κ3) is 4.91. The van der Waals surface area contributed by atoms with Gasteiger partial charge in [0.2, 0.25) is 5.91 Å². The second kappa shape index (κ2) is 10.3. The Hall–Kier alpha value is -4.64. The van der Waals surface area contributed by atoms with Crippen LogP contribution in [0, 0.1) is 11.8 Å². The Labute approximate surface area is 209 Å². The van der Waals surface area contributed by atoms with Crippen LogP contribution in [0.3, 0.4) is 0 Å². The maximum absolute atomic E-state index is 12.2. The molecule has 1 atom stereocenters. The number of anilines is 1. The van der Waals surface area contributed by atoms with Crippen molar-refractivity contribution in [2.45, 2.75) is 25.5 Å². The van der Waals surface area contributed by atoms with E-state index in [2.05, 4.69) is 28.4 Å². The van der Waals surface area contributed by atoms with Crippen LogP contribution in [0.5, 0.6) is 5.75 Å². The molecule has 4 aromatic rings. The van der Waals surface area contributed by atoms with Crippen LogP contribution in [-0.2, 0) is 11.4 Å². The molecule has 3 heterocycles. The van der Waals surface area contributed by atoms with Crippen LogP contribution >= 0.6 is 0 Å². The van der Waals surface area contributed by atoms with Crippen molar-refractivity contribution in [1.82, 2.24) is 24.6 Å². The Morgan fingerprint density at radius 2 is 2.03 bits per heavy atom. The molecule has 1 saturated heterocycles. The molecule has 2 aromatic heterocycles. The van der Waals surface area contributed by atoms with Gasteiger partial charge in [0.1, 0.15) is 30.2 Å². The maximum Gasteiger partial charge on any atom is 0.246 e. The van der Waals surface area contributed by atoms with Gasteiger partial charge in [-0.1, -0.05) is 48.9 Å². The van der Waals surface area contributed by atoms with E-state index in [9.17, 15) is 4.79 Å². The van der Waals surface area contributed by atoms with Crippen LogP contribution in [0.1, 0.15) is 35.7 Å². The van der Waals surface area contributed by atoms with Crippen LogP contribution in [-0.4, -0.2) is 43.6 Å². The summed E-state index contributed by atoms with van der Waals surface area (Å²) < 4.78 is 7.76. The van der Waals surface area contributed by atoms with E-state index in [0.29, 0.717) is 42.2 Å². The third-order valence-electron chi connectivity index (χ3n) is 6.15. The van der Waals surface area contributed by atoms with Gasteiger partial charge in [-0.05, 0) is 48.6 Å². The molecule has 1 fully saturated rings. The number of ether oxygens (including phenoxy) is 1. The molecule has 1 amide bonds. The third-order valence-corrected chi connectivity index (χ3v) is 6.15. The highest BCUT2D eigenvalue weighted by atomic mass is 16.5. The van der Waals surface area contributed by atoms with E-state index in [1.165, 1.54) is 12.4 Å². The SMILES string of the molecule is C=CC(=O)N1CCCC(n2nc(C#Cc3cccc(OCc4ccccc4)c3)c3c(N)ncnc32)C1. The lowest BCUT2D eigenvalue weighted by atomic mass is 10.1. The zero-order valence-electron chi connectivity index (χ0n) is 19.8. The van der Waals surface area contributed by atoms with Crippen molar-refractivity contribution in [3.05, 3.63) is 90.4 Å². The zero-order chi connectivity index (χ0) is 24.9. The van der Waals surface area contributed by atoms with Crippen LogP contribution in [0.15, 0.2) is 73.6 Å². The number of rotatable bonds is 5. The lowest BCUT2D eigenvalue weighted by molar-refractivity contribution is -0.127. The first-order valence-electron chi connectivity index (χ1n) is 11.8. The predicted molar refractivity (Wildman–Crippen MR) is 138 cm³/mol. The summed E-state index contributed by atoms with van der Waals surface area (Å²) in [6.45, 7) is 5.32. The topological polar surface area (TPSA) is 99.2 Å². The van der Waals surface area contributed by atoms with Gasteiger partial charge in [0.25, 0.3) is 0 Å². The van der Waals surface area contributed by atoms with E-state index in [1.54, 1.807) is 4.90 Å². The summed E-state index contributed by atoms with van der Waals surface area (Å²) in [6, 6.07) is 17.6. The van der Waals surface area contributed by atoms with E-state index >= 15 is 0 Å². The molecule has 180 valence electrons. The van der Waals surface area contributed by atoms with Crippen LogP contribution < -0.4 is 10.5 Å². The quantitative estimate of drug-likeness (QED) is 0.347. The molecule has 8 nitrogen and oxygen atoms in total. The highest BCUT2D eigenvalue weighted by Gasteiger charge is 2.27. The highest BCUT2D eigenvalue weighted by molar-refractivity contribution is 5.90. The van der Waals surface area contributed by atoms with Crippen LogP contribution in [0.4, 0.5) is 5.82 Å². The van der Waals surface area contributed by atoms with Crippen molar-refractivity contribution in [3.8, 4) is 17.6 Å². The molecule has 0 saturated carbocycles. The Morgan fingerprint density at radius 3 is 2.86 bits per heavy atom. The van der Waals surface area contributed by atoms with Gasteiger partial charge in [-0.25, -0.2) is 14.6 Å². The van der Waals surface area contributed by atoms with Crippen LogP contribution in [0.2, 0.25) is 0 Å². The lowest BCUT2D eigenvalue weighted by Crippen LogP contribution is -2.40. The molecule has 1 unspecified atom stereocenters. The van der Waals surface area contributed by atoms with Gasteiger partial charge in [0.15, 0.2) is 5.65 Å². The van der Waals surface area contributed by atoms with E-state index in [0.717, 1.165) is 29.7 Å². The van der Waals surface area contributed by atoms with E-state index in [1.807, 2.05) is 59.3 Å². The first kappa shape index (κ1) is 23.1. The molecule has 8 heteroatoms. The number of benzene rings is 2. The Balaban J connectivity index is 1.42. The Kier molecular flexibility index (Phi) is 6.63. The molecule has 1 aliphatic rings. The first-order chi connectivity index (χ1) is 17.6. The van der Waals surface area contributed by atoms with Gasteiger partial charge in [-0.3, -0.25) is 4.79 Å². The fourth-order valence-electron chi connectivity index (χ4n) is 4.36. The summed E-state index contributed by atoms with van der Waals surface area (Å²) in [5.41, 5.74) is 9.22. The van der Waals surface area contributed by atoms with Gasteiger partial charge >= 0.3 is 0 Å². The van der Waals surface area contributed by atoms with Crippen molar-refractivity contribution < 1.29 is 9.53 Å². The molecule has 1 aliphatic heterocycles. The number of carbonyl (C=O) groups is 1. The first-order valence-corrected chi connectivity index (χ1v) is 11.8. The molecule has 5 rings (SSSR count).